The number of hydrogen-bond donors (Lipinski definition) is 3. The fourth-order valence-corrected chi connectivity index (χ4v) is 1.75. The lowest BCUT2D eigenvalue weighted by Gasteiger charge is -2.16. The first-order chi connectivity index (χ1) is 7.91. The van der Waals surface area contributed by atoms with Crippen LogP contribution in [0.15, 0.2) is 16.7 Å². The van der Waals surface area contributed by atoms with Crippen molar-refractivity contribution in [2.45, 2.75) is 13.8 Å². The molecule has 0 aliphatic heterocycles. The minimum absolute atomic E-state index is 0.0248. The van der Waals surface area contributed by atoms with Crippen LogP contribution in [0.5, 0.6) is 0 Å². The summed E-state index contributed by atoms with van der Waals surface area (Å²) in [5.74, 6) is -1.80. The molecule has 1 aromatic heterocycles. The standard InChI is InChI=1S/C11H15BrN2O3/c1-6(2)8(11(16)17)5-14-10(15)9-3-7(12)4-13-9/h3-4,6,8,13H,5H2,1-2H3,(H,14,15)(H,16,17). The predicted octanol–water partition coefficient (Wildman–Crippen LogP) is 1.86. The van der Waals surface area contributed by atoms with Crippen LogP contribution in [0, 0.1) is 11.8 Å². The minimum Gasteiger partial charge on any atom is -0.481 e. The number of amides is 1. The number of halogens is 1. The molecule has 0 spiro atoms. The third-order valence-corrected chi connectivity index (χ3v) is 2.95. The fourth-order valence-electron chi connectivity index (χ4n) is 1.41. The minimum atomic E-state index is -0.895. The van der Waals surface area contributed by atoms with E-state index >= 15 is 0 Å². The number of nitrogens with one attached hydrogen (secondary N) is 2. The van der Waals surface area contributed by atoms with Gasteiger partial charge in [-0.3, -0.25) is 9.59 Å². The molecule has 1 heterocycles. The first kappa shape index (κ1) is 13.8. The number of rotatable bonds is 5. The second-order valence-corrected chi connectivity index (χ2v) is 5.05. The van der Waals surface area contributed by atoms with Crippen molar-refractivity contribution in [3.63, 3.8) is 0 Å². The largest absolute Gasteiger partial charge is 0.481 e. The zero-order valence-electron chi connectivity index (χ0n) is 9.66. The predicted molar refractivity (Wildman–Crippen MR) is 66.8 cm³/mol. The Balaban J connectivity index is 2.55. The highest BCUT2D eigenvalue weighted by Gasteiger charge is 2.22. The summed E-state index contributed by atoms with van der Waals surface area (Å²) in [5, 5.41) is 11.6. The Morgan fingerprint density at radius 3 is 2.59 bits per heavy atom. The maximum atomic E-state index is 11.7. The average Bonchev–Trinajstić information content (AvgIpc) is 2.63. The molecule has 0 aliphatic carbocycles. The van der Waals surface area contributed by atoms with Gasteiger partial charge in [-0.05, 0) is 27.9 Å². The number of aromatic nitrogens is 1. The first-order valence-corrected chi connectivity index (χ1v) is 6.06. The van der Waals surface area contributed by atoms with E-state index in [0.717, 1.165) is 4.47 Å². The normalized spacial score (nSPS) is 12.5. The van der Waals surface area contributed by atoms with Crippen LogP contribution >= 0.6 is 15.9 Å². The molecule has 3 N–H and O–H groups in total. The number of carboxylic acids is 1. The third-order valence-electron chi connectivity index (χ3n) is 2.50. The van der Waals surface area contributed by atoms with E-state index in [4.69, 9.17) is 5.11 Å². The average molecular weight is 303 g/mol. The van der Waals surface area contributed by atoms with Crippen LogP contribution in [0.3, 0.4) is 0 Å². The summed E-state index contributed by atoms with van der Waals surface area (Å²) in [6.45, 7) is 3.76. The third kappa shape index (κ3) is 3.89. The number of aliphatic carboxylic acids is 1. The molecule has 0 bridgehead atoms. The highest BCUT2D eigenvalue weighted by Crippen LogP contribution is 2.12. The molecule has 1 amide bonds. The molecular weight excluding hydrogens is 288 g/mol. The lowest BCUT2D eigenvalue weighted by molar-refractivity contribution is -0.142. The summed E-state index contributed by atoms with van der Waals surface area (Å²) in [6, 6.07) is 1.64. The fraction of sp³-hybridized carbons (Fsp3) is 0.455. The van der Waals surface area contributed by atoms with Crippen molar-refractivity contribution in [1.82, 2.24) is 10.3 Å². The monoisotopic (exact) mass is 302 g/mol. The van der Waals surface area contributed by atoms with E-state index in [9.17, 15) is 9.59 Å². The lowest BCUT2D eigenvalue weighted by Crippen LogP contribution is -2.35. The Morgan fingerprint density at radius 1 is 1.53 bits per heavy atom. The van der Waals surface area contributed by atoms with E-state index in [-0.39, 0.29) is 18.4 Å². The molecule has 1 aromatic rings. The van der Waals surface area contributed by atoms with Gasteiger partial charge in [-0.25, -0.2) is 0 Å². The highest BCUT2D eigenvalue weighted by molar-refractivity contribution is 9.10. The van der Waals surface area contributed by atoms with Crippen molar-refractivity contribution in [2.24, 2.45) is 11.8 Å². The molecular formula is C11H15BrN2O3. The zero-order chi connectivity index (χ0) is 13.0. The number of carbonyl (C=O) groups is 2. The van der Waals surface area contributed by atoms with E-state index in [1.807, 2.05) is 13.8 Å². The second kappa shape index (κ2) is 5.86. The van der Waals surface area contributed by atoms with Crippen LogP contribution in [0.1, 0.15) is 24.3 Å². The van der Waals surface area contributed by atoms with Crippen LogP contribution in [0.25, 0.3) is 0 Å². The van der Waals surface area contributed by atoms with Gasteiger partial charge in [-0.1, -0.05) is 13.8 Å². The van der Waals surface area contributed by atoms with Crippen molar-refractivity contribution < 1.29 is 14.7 Å². The molecule has 0 aromatic carbocycles. The van der Waals surface area contributed by atoms with Crippen molar-refractivity contribution in [2.75, 3.05) is 6.54 Å². The molecule has 1 unspecified atom stereocenters. The molecule has 6 heteroatoms. The van der Waals surface area contributed by atoms with Crippen LogP contribution in [-0.2, 0) is 4.79 Å². The van der Waals surface area contributed by atoms with Gasteiger partial charge in [0.25, 0.3) is 5.91 Å². The van der Waals surface area contributed by atoms with E-state index in [1.165, 1.54) is 0 Å². The van der Waals surface area contributed by atoms with Gasteiger partial charge in [0.2, 0.25) is 0 Å². The van der Waals surface area contributed by atoms with Gasteiger partial charge in [0.05, 0.1) is 5.92 Å². The number of aromatic amines is 1. The molecule has 94 valence electrons. The highest BCUT2D eigenvalue weighted by atomic mass is 79.9. The summed E-state index contributed by atoms with van der Waals surface area (Å²) >= 11 is 3.22. The number of H-pyrrole nitrogens is 1. The smallest absolute Gasteiger partial charge is 0.308 e. The van der Waals surface area contributed by atoms with Crippen LogP contribution in [0.2, 0.25) is 0 Å². The molecule has 0 radical (unpaired) electrons. The van der Waals surface area contributed by atoms with Gasteiger partial charge in [0.1, 0.15) is 5.69 Å². The van der Waals surface area contributed by atoms with Crippen molar-refractivity contribution >= 4 is 27.8 Å². The summed E-state index contributed by atoms with van der Waals surface area (Å²) < 4.78 is 0.779. The Labute approximate surface area is 108 Å². The maximum absolute atomic E-state index is 11.7. The molecule has 1 rings (SSSR count). The Bertz CT molecular complexity index is 415. The van der Waals surface area contributed by atoms with Gasteiger partial charge in [-0.2, -0.15) is 0 Å². The van der Waals surface area contributed by atoms with Crippen LogP contribution in [-0.4, -0.2) is 28.5 Å². The molecule has 17 heavy (non-hydrogen) atoms. The maximum Gasteiger partial charge on any atom is 0.308 e. The van der Waals surface area contributed by atoms with Crippen LogP contribution in [0.4, 0.5) is 0 Å². The van der Waals surface area contributed by atoms with Gasteiger partial charge < -0.3 is 15.4 Å². The van der Waals surface area contributed by atoms with Gasteiger partial charge in [-0.15, -0.1) is 0 Å². The van der Waals surface area contributed by atoms with Gasteiger partial charge in [0.15, 0.2) is 0 Å². The van der Waals surface area contributed by atoms with Gasteiger partial charge >= 0.3 is 5.97 Å². The first-order valence-electron chi connectivity index (χ1n) is 5.26. The quantitative estimate of drug-likeness (QED) is 0.776. The molecule has 0 aliphatic rings. The molecule has 0 saturated heterocycles. The summed E-state index contributed by atoms with van der Waals surface area (Å²) in [4.78, 5) is 25.4. The van der Waals surface area contributed by atoms with Crippen molar-refractivity contribution in [3.05, 3.63) is 22.4 Å². The molecule has 0 saturated carbocycles. The summed E-state index contributed by atoms with van der Waals surface area (Å²) in [5.41, 5.74) is 0.407. The topological polar surface area (TPSA) is 82.2 Å². The zero-order valence-corrected chi connectivity index (χ0v) is 11.2. The Morgan fingerprint density at radius 2 is 2.18 bits per heavy atom. The number of hydrogen-bond acceptors (Lipinski definition) is 2. The lowest BCUT2D eigenvalue weighted by atomic mass is 9.96. The SMILES string of the molecule is CC(C)C(CNC(=O)c1cc(Br)c[nH]1)C(=O)O. The van der Waals surface area contributed by atoms with E-state index in [1.54, 1.807) is 12.3 Å². The Hall–Kier alpha value is -1.30. The number of carbonyl (C=O) groups excluding carboxylic acids is 1. The van der Waals surface area contributed by atoms with Gasteiger partial charge in [0, 0.05) is 17.2 Å². The van der Waals surface area contributed by atoms with E-state index < -0.39 is 11.9 Å². The van der Waals surface area contributed by atoms with Crippen molar-refractivity contribution in [3.8, 4) is 0 Å². The van der Waals surface area contributed by atoms with Crippen molar-refractivity contribution in [1.29, 1.82) is 0 Å². The van der Waals surface area contributed by atoms with Crippen LogP contribution < -0.4 is 5.32 Å². The summed E-state index contributed by atoms with van der Waals surface area (Å²) in [7, 11) is 0. The second-order valence-electron chi connectivity index (χ2n) is 4.13. The number of carboxylic acid groups (broad SMARTS) is 1. The van der Waals surface area contributed by atoms with E-state index in [0.29, 0.717) is 5.69 Å². The molecule has 5 nitrogen and oxygen atoms in total. The Kier molecular flexibility index (Phi) is 4.74. The molecule has 0 fully saturated rings. The molecule has 1 atom stereocenters. The van der Waals surface area contributed by atoms with E-state index in [2.05, 4.69) is 26.2 Å². The summed E-state index contributed by atoms with van der Waals surface area (Å²) in [6.07, 6.45) is 1.64.